The summed E-state index contributed by atoms with van der Waals surface area (Å²) in [7, 11) is -3.88. The van der Waals surface area contributed by atoms with Gasteiger partial charge < -0.3 is 10.1 Å². The third-order valence-corrected chi connectivity index (χ3v) is 7.07. The van der Waals surface area contributed by atoms with Crippen molar-refractivity contribution in [1.82, 2.24) is 10.0 Å². The lowest BCUT2D eigenvalue weighted by Gasteiger charge is -2.21. The van der Waals surface area contributed by atoms with Crippen molar-refractivity contribution in [3.05, 3.63) is 64.7 Å². The predicted octanol–water partition coefficient (Wildman–Crippen LogP) is 2.80. The molecule has 1 saturated heterocycles. The molecule has 0 aromatic heterocycles. The first-order valence-corrected chi connectivity index (χ1v) is 11.8. The molecular formula is C23H30N2O4S. The van der Waals surface area contributed by atoms with Gasteiger partial charge in [-0.25, -0.2) is 8.42 Å². The number of aryl methyl sites for hydroxylation is 3. The maximum Gasteiger partial charge on any atom is 0.241 e. The number of hydrogen-bond donors (Lipinski definition) is 2. The molecule has 2 atom stereocenters. The monoisotopic (exact) mass is 430 g/mol. The molecule has 2 aromatic carbocycles. The van der Waals surface area contributed by atoms with Gasteiger partial charge in [-0.15, -0.1) is 0 Å². The molecular weight excluding hydrogens is 400 g/mol. The van der Waals surface area contributed by atoms with E-state index < -0.39 is 16.1 Å². The molecule has 1 aliphatic rings. The normalized spacial score (nSPS) is 17.6. The summed E-state index contributed by atoms with van der Waals surface area (Å²) in [5, 5.41) is 2.87. The fourth-order valence-electron chi connectivity index (χ4n) is 4.02. The molecule has 0 bridgehead atoms. The minimum atomic E-state index is -3.88. The summed E-state index contributed by atoms with van der Waals surface area (Å²) >= 11 is 0. The fraction of sp³-hybridized carbons (Fsp3) is 0.435. The molecule has 3 rings (SSSR count). The zero-order valence-electron chi connectivity index (χ0n) is 17.8. The van der Waals surface area contributed by atoms with Gasteiger partial charge in [0, 0.05) is 13.2 Å². The van der Waals surface area contributed by atoms with Crippen molar-refractivity contribution in [1.29, 1.82) is 0 Å². The summed E-state index contributed by atoms with van der Waals surface area (Å²) in [5.74, 6) is -0.347. The van der Waals surface area contributed by atoms with E-state index in [1.165, 1.54) is 0 Å². The Morgan fingerprint density at radius 3 is 2.40 bits per heavy atom. The van der Waals surface area contributed by atoms with Crippen LogP contribution in [-0.2, 0) is 26.0 Å². The average molecular weight is 431 g/mol. The summed E-state index contributed by atoms with van der Waals surface area (Å²) in [4.78, 5) is 13.2. The number of nitrogens with one attached hydrogen (secondary N) is 2. The molecule has 2 N–H and O–H groups in total. The number of ether oxygens (including phenoxy) is 1. The highest BCUT2D eigenvalue weighted by Crippen LogP contribution is 2.22. The average Bonchev–Trinajstić information content (AvgIpc) is 3.18. The Morgan fingerprint density at radius 2 is 1.80 bits per heavy atom. The highest BCUT2D eigenvalue weighted by molar-refractivity contribution is 7.89. The molecule has 2 aromatic rings. The first-order valence-electron chi connectivity index (χ1n) is 10.3. The molecule has 1 fully saturated rings. The standard InChI is InChI=1S/C23H30N2O4S/c1-16-12-17(2)22(18(3)13-16)30(27,28)25-21(14-19-8-5-4-6-9-19)23(26)24-15-20-10-7-11-29-20/h4-6,8-9,12-13,20-21,25H,7,10-11,14-15H2,1-3H3,(H,24,26). The number of benzene rings is 2. The number of sulfonamides is 1. The van der Waals surface area contributed by atoms with Gasteiger partial charge in [-0.1, -0.05) is 48.0 Å². The lowest BCUT2D eigenvalue weighted by Crippen LogP contribution is -2.49. The van der Waals surface area contributed by atoms with Crippen LogP contribution in [-0.4, -0.2) is 39.6 Å². The summed E-state index contributed by atoms with van der Waals surface area (Å²) in [6, 6.07) is 12.2. The molecule has 0 spiro atoms. The first kappa shape index (κ1) is 22.5. The lowest BCUT2D eigenvalue weighted by molar-refractivity contribution is -0.123. The van der Waals surface area contributed by atoms with Crippen LogP contribution in [0.5, 0.6) is 0 Å². The van der Waals surface area contributed by atoms with Crippen LogP contribution in [0.4, 0.5) is 0 Å². The predicted molar refractivity (Wildman–Crippen MR) is 117 cm³/mol. The summed E-state index contributed by atoms with van der Waals surface area (Å²) in [6.45, 7) is 6.57. The van der Waals surface area contributed by atoms with Crippen LogP contribution in [0.3, 0.4) is 0 Å². The van der Waals surface area contributed by atoms with E-state index in [0.29, 0.717) is 24.3 Å². The number of amides is 1. The zero-order valence-corrected chi connectivity index (χ0v) is 18.6. The van der Waals surface area contributed by atoms with Crippen LogP contribution >= 0.6 is 0 Å². The van der Waals surface area contributed by atoms with Crippen molar-refractivity contribution in [2.45, 2.75) is 57.1 Å². The quantitative estimate of drug-likeness (QED) is 0.675. The molecule has 0 aliphatic carbocycles. The minimum absolute atomic E-state index is 0.00970. The zero-order chi connectivity index (χ0) is 21.7. The fourth-order valence-corrected chi connectivity index (χ4v) is 5.67. The van der Waals surface area contributed by atoms with Gasteiger partial charge in [0.2, 0.25) is 15.9 Å². The van der Waals surface area contributed by atoms with Crippen molar-refractivity contribution < 1.29 is 17.9 Å². The molecule has 0 radical (unpaired) electrons. The summed E-state index contributed by atoms with van der Waals surface area (Å²) in [6.07, 6.45) is 2.13. The second-order valence-electron chi connectivity index (χ2n) is 7.97. The number of rotatable bonds is 8. The summed E-state index contributed by atoms with van der Waals surface area (Å²) < 4.78 is 34.7. The van der Waals surface area contributed by atoms with E-state index >= 15 is 0 Å². The Hall–Kier alpha value is -2.22. The van der Waals surface area contributed by atoms with Gasteiger partial charge in [-0.2, -0.15) is 4.72 Å². The number of carbonyl (C=O) groups excluding carboxylic acids is 1. The van der Waals surface area contributed by atoms with Crippen LogP contribution in [0.1, 0.15) is 35.1 Å². The molecule has 30 heavy (non-hydrogen) atoms. The maximum absolute atomic E-state index is 13.2. The Morgan fingerprint density at radius 1 is 1.13 bits per heavy atom. The topological polar surface area (TPSA) is 84.5 Å². The van der Waals surface area contributed by atoms with Gasteiger partial charge in [0.1, 0.15) is 6.04 Å². The highest BCUT2D eigenvalue weighted by atomic mass is 32.2. The number of hydrogen-bond acceptors (Lipinski definition) is 4. The van der Waals surface area contributed by atoms with E-state index in [4.69, 9.17) is 4.74 Å². The largest absolute Gasteiger partial charge is 0.376 e. The molecule has 1 heterocycles. The van der Waals surface area contributed by atoms with Gasteiger partial charge in [0.15, 0.2) is 0 Å². The van der Waals surface area contributed by atoms with E-state index in [0.717, 1.165) is 24.0 Å². The molecule has 1 aliphatic heterocycles. The van der Waals surface area contributed by atoms with Gasteiger partial charge in [0.05, 0.1) is 11.0 Å². The number of carbonyl (C=O) groups is 1. The molecule has 162 valence electrons. The van der Waals surface area contributed by atoms with Crippen molar-refractivity contribution in [3.8, 4) is 0 Å². The molecule has 0 saturated carbocycles. The Labute approximate surface area is 179 Å². The van der Waals surface area contributed by atoms with Crippen molar-refractivity contribution in [3.63, 3.8) is 0 Å². The van der Waals surface area contributed by atoms with Crippen molar-refractivity contribution in [2.24, 2.45) is 0 Å². The van der Waals surface area contributed by atoms with Crippen LogP contribution in [0, 0.1) is 20.8 Å². The molecule has 2 unspecified atom stereocenters. The van der Waals surface area contributed by atoms with Gasteiger partial charge >= 0.3 is 0 Å². The second-order valence-corrected chi connectivity index (χ2v) is 9.62. The summed E-state index contributed by atoms with van der Waals surface area (Å²) in [5.41, 5.74) is 3.21. The van der Waals surface area contributed by atoms with E-state index in [1.807, 2.05) is 49.4 Å². The van der Waals surface area contributed by atoms with E-state index in [1.54, 1.807) is 13.8 Å². The molecule has 1 amide bonds. The SMILES string of the molecule is Cc1cc(C)c(S(=O)(=O)NC(Cc2ccccc2)C(=O)NCC2CCCO2)c(C)c1. The Kier molecular flexibility index (Phi) is 7.28. The van der Waals surface area contributed by atoms with E-state index in [9.17, 15) is 13.2 Å². The third kappa shape index (κ3) is 5.68. The molecule has 6 nitrogen and oxygen atoms in total. The first-order chi connectivity index (χ1) is 14.3. The van der Waals surface area contributed by atoms with Gasteiger partial charge in [-0.3, -0.25) is 4.79 Å². The smallest absolute Gasteiger partial charge is 0.241 e. The van der Waals surface area contributed by atoms with Crippen molar-refractivity contribution in [2.75, 3.05) is 13.2 Å². The Balaban J connectivity index is 1.82. The second kappa shape index (κ2) is 9.73. The minimum Gasteiger partial charge on any atom is -0.376 e. The third-order valence-electron chi connectivity index (χ3n) is 5.30. The Bertz CT molecular complexity index is 961. The van der Waals surface area contributed by atoms with Gasteiger partial charge in [0.25, 0.3) is 0 Å². The van der Waals surface area contributed by atoms with E-state index in [2.05, 4.69) is 10.0 Å². The maximum atomic E-state index is 13.2. The molecule has 7 heteroatoms. The van der Waals surface area contributed by atoms with Crippen LogP contribution in [0.2, 0.25) is 0 Å². The van der Waals surface area contributed by atoms with E-state index in [-0.39, 0.29) is 23.3 Å². The van der Waals surface area contributed by atoms with Gasteiger partial charge in [-0.05, 0) is 56.7 Å². The lowest BCUT2D eigenvalue weighted by atomic mass is 10.1. The van der Waals surface area contributed by atoms with Crippen molar-refractivity contribution >= 4 is 15.9 Å². The highest BCUT2D eigenvalue weighted by Gasteiger charge is 2.29. The van der Waals surface area contributed by atoms with Crippen LogP contribution in [0.25, 0.3) is 0 Å². The van der Waals surface area contributed by atoms with Crippen LogP contribution < -0.4 is 10.0 Å². The van der Waals surface area contributed by atoms with Crippen LogP contribution in [0.15, 0.2) is 47.4 Å².